The van der Waals surface area contributed by atoms with Gasteiger partial charge in [0.1, 0.15) is 17.5 Å². The van der Waals surface area contributed by atoms with E-state index >= 15 is 0 Å². The summed E-state index contributed by atoms with van der Waals surface area (Å²) in [6.07, 6.45) is 4.03. The number of benzene rings is 2. The summed E-state index contributed by atoms with van der Waals surface area (Å²) in [7, 11) is 0. The normalized spacial score (nSPS) is 14.9. The number of piperazine rings is 1. The number of rotatable bonds is 7. The topological polar surface area (TPSA) is 37.2 Å². The number of nitrogens with zero attached hydrogens (tertiary/aromatic N) is 5. The molecule has 1 fully saturated rings. The molecule has 0 amide bonds. The van der Waals surface area contributed by atoms with Crippen LogP contribution in [0.2, 0.25) is 0 Å². The highest BCUT2D eigenvalue weighted by Crippen LogP contribution is 2.29. The number of hydrogen-bond donors (Lipinski definition) is 0. The maximum Gasteiger partial charge on any atom is 0.153 e. The van der Waals surface area contributed by atoms with E-state index in [1.54, 1.807) is 29.2 Å². The molecule has 0 saturated carbocycles. The van der Waals surface area contributed by atoms with Crippen molar-refractivity contribution in [1.82, 2.24) is 24.6 Å². The molecule has 0 unspecified atom stereocenters. The molecule has 0 N–H and O–H groups in total. The van der Waals surface area contributed by atoms with E-state index < -0.39 is 11.6 Å². The van der Waals surface area contributed by atoms with Crippen molar-refractivity contribution < 1.29 is 13.2 Å². The Balaban J connectivity index is 1.28. The summed E-state index contributed by atoms with van der Waals surface area (Å²) < 4.78 is 43.6. The summed E-state index contributed by atoms with van der Waals surface area (Å²) in [4.78, 5) is 9.01. The van der Waals surface area contributed by atoms with Gasteiger partial charge in [-0.1, -0.05) is 24.3 Å². The van der Waals surface area contributed by atoms with Crippen molar-refractivity contribution in [3.63, 3.8) is 0 Å². The summed E-state index contributed by atoms with van der Waals surface area (Å²) in [6.45, 7) is 4.69. The zero-order valence-electron chi connectivity index (χ0n) is 19.2. The van der Waals surface area contributed by atoms with E-state index in [0.29, 0.717) is 42.1 Å². The molecule has 1 aliphatic rings. The zero-order chi connectivity index (χ0) is 24.2. The third-order valence-corrected chi connectivity index (χ3v) is 6.41. The lowest BCUT2D eigenvalue weighted by Gasteiger charge is -2.34. The molecule has 180 valence electrons. The molecule has 2 aromatic carbocycles. The highest BCUT2D eigenvalue weighted by molar-refractivity contribution is 5.66. The summed E-state index contributed by atoms with van der Waals surface area (Å²) in [5.41, 5.74) is 2.66. The molecule has 0 radical (unpaired) electrons. The van der Waals surface area contributed by atoms with Crippen molar-refractivity contribution in [2.75, 3.05) is 32.7 Å². The maximum atomic E-state index is 14.8. The van der Waals surface area contributed by atoms with Crippen molar-refractivity contribution in [3.8, 4) is 17.1 Å². The van der Waals surface area contributed by atoms with Crippen molar-refractivity contribution in [3.05, 3.63) is 102 Å². The molecule has 8 heteroatoms. The zero-order valence-corrected chi connectivity index (χ0v) is 19.2. The number of pyridine rings is 1. The van der Waals surface area contributed by atoms with Gasteiger partial charge in [-0.2, -0.15) is 5.10 Å². The van der Waals surface area contributed by atoms with E-state index in [9.17, 15) is 13.2 Å². The minimum Gasteiger partial charge on any atom is -0.300 e. The first-order valence-electron chi connectivity index (χ1n) is 11.7. The van der Waals surface area contributed by atoms with Crippen LogP contribution in [0.25, 0.3) is 17.1 Å². The molecule has 5 rings (SSSR count). The summed E-state index contributed by atoms with van der Waals surface area (Å²) in [5.74, 6) is -0.714. The fraction of sp³-hybridized carbons (Fsp3) is 0.259. The third kappa shape index (κ3) is 5.28. The van der Waals surface area contributed by atoms with Crippen molar-refractivity contribution in [1.29, 1.82) is 0 Å². The van der Waals surface area contributed by atoms with Crippen LogP contribution in [0.15, 0.2) is 73.1 Å². The minimum absolute atomic E-state index is 0.302. The highest BCUT2D eigenvalue weighted by Gasteiger charge is 2.22. The van der Waals surface area contributed by atoms with Crippen LogP contribution in [-0.4, -0.2) is 57.3 Å². The predicted octanol–water partition coefficient (Wildman–Crippen LogP) is 4.71. The van der Waals surface area contributed by atoms with Crippen molar-refractivity contribution >= 4 is 0 Å². The average Bonchev–Trinajstić information content (AvgIpc) is 3.28. The van der Waals surface area contributed by atoms with Gasteiger partial charge < -0.3 is 4.90 Å². The SMILES string of the molecule is Fc1ccc(CCN2CCN(Cc3cnn(-c4ccccn4)c3-c3ccccc3F)CC2)c(F)c1. The Labute approximate surface area is 202 Å². The van der Waals surface area contributed by atoms with E-state index in [1.807, 2.05) is 24.3 Å². The lowest BCUT2D eigenvalue weighted by molar-refractivity contribution is 0.128. The summed E-state index contributed by atoms with van der Waals surface area (Å²) in [6, 6.07) is 16.0. The molecular formula is C27H26F3N5. The Kier molecular flexibility index (Phi) is 6.92. The minimum atomic E-state index is -0.555. The molecule has 1 saturated heterocycles. The third-order valence-electron chi connectivity index (χ3n) is 6.41. The monoisotopic (exact) mass is 477 g/mol. The molecule has 0 atom stereocenters. The second-order valence-corrected chi connectivity index (χ2v) is 8.70. The molecule has 0 bridgehead atoms. The smallest absolute Gasteiger partial charge is 0.153 e. The molecule has 0 aliphatic carbocycles. The van der Waals surface area contributed by atoms with Gasteiger partial charge in [-0.25, -0.2) is 22.8 Å². The van der Waals surface area contributed by atoms with Gasteiger partial charge in [0.05, 0.1) is 11.9 Å². The fourth-order valence-corrected chi connectivity index (χ4v) is 4.51. The van der Waals surface area contributed by atoms with E-state index in [0.717, 1.165) is 37.8 Å². The summed E-state index contributed by atoms with van der Waals surface area (Å²) in [5, 5.41) is 4.55. The van der Waals surface area contributed by atoms with Crippen LogP contribution in [-0.2, 0) is 13.0 Å². The van der Waals surface area contributed by atoms with Gasteiger partial charge in [0, 0.05) is 62.7 Å². The second-order valence-electron chi connectivity index (χ2n) is 8.70. The standard InChI is InChI=1S/C27H26F3N5/c28-22-9-8-20(25(30)17-22)10-12-33-13-15-34(16-14-33)19-21-18-32-35(26-7-3-4-11-31-26)27(21)23-5-1-2-6-24(23)29/h1-9,11,17-18H,10,12-16,19H2. The Bertz CT molecular complexity index is 1280. The van der Waals surface area contributed by atoms with Crippen LogP contribution >= 0.6 is 0 Å². The van der Waals surface area contributed by atoms with Crippen LogP contribution in [0.3, 0.4) is 0 Å². The van der Waals surface area contributed by atoms with Crippen molar-refractivity contribution in [2.45, 2.75) is 13.0 Å². The molecule has 1 aliphatic heterocycles. The lowest BCUT2D eigenvalue weighted by atomic mass is 10.1. The maximum absolute atomic E-state index is 14.8. The highest BCUT2D eigenvalue weighted by atomic mass is 19.1. The van der Waals surface area contributed by atoms with Gasteiger partial charge in [0.2, 0.25) is 0 Å². The van der Waals surface area contributed by atoms with E-state index in [4.69, 9.17) is 0 Å². The second kappa shape index (κ2) is 10.4. The summed E-state index contributed by atoms with van der Waals surface area (Å²) >= 11 is 0. The van der Waals surface area contributed by atoms with Gasteiger partial charge in [0.25, 0.3) is 0 Å². The van der Waals surface area contributed by atoms with E-state index in [2.05, 4.69) is 19.9 Å². The Morgan fingerprint density at radius 3 is 2.29 bits per heavy atom. The molecule has 5 nitrogen and oxygen atoms in total. The van der Waals surface area contributed by atoms with Gasteiger partial charge in [-0.3, -0.25) is 4.90 Å². The largest absolute Gasteiger partial charge is 0.300 e. The molecule has 0 spiro atoms. The molecule has 35 heavy (non-hydrogen) atoms. The van der Waals surface area contributed by atoms with Crippen LogP contribution < -0.4 is 0 Å². The Morgan fingerprint density at radius 1 is 0.771 bits per heavy atom. The van der Waals surface area contributed by atoms with Gasteiger partial charge >= 0.3 is 0 Å². The van der Waals surface area contributed by atoms with Gasteiger partial charge in [-0.15, -0.1) is 0 Å². The van der Waals surface area contributed by atoms with Gasteiger partial charge in [-0.05, 0) is 42.3 Å². The van der Waals surface area contributed by atoms with Crippen LogP contribution in [0.4, 0.5) is 13.2 Å². The lowest BCUT2D eigenvalue weighted by Crippen LogP contribution is -2.46. The Hall–Kier alpha value is -3.49. The fourth-order valence-electron chi connectivity index (χ4n) is 4.51. The first kappa shape index (κ1) is 23.3. The predicted molar refractivity (Wildman–Crippen MR) is 129 cm³/mol. The number of aromatic nitrogens is 3. The number of halogens is 3. The van der Waals surface area contributed by atoms with Crippen LogP contribution in [0.5, 0.6) is 0 Å². The number of hydrogen-bond acceptors (Lipinski definition) is 4. The first-order chi connectivity index (χ1) is 17.1. The van der Waals surface area contributed by atoms with Gasteiger partial charge in [0.15, 0.2) is 5.82 Å². The van der Waals surface area contributed by atoms with Crippen LogP contribution in [0.1, 0.15) is 11.1 Å². The first-order valence-corrected chi connectivity index (χ1v) is 11.7. The van der Waals surface area contributed by atoms with E-state index in [1.165, 1.54) is 18.2 Å². The molecule has 2 aromatic heterocycles. The Morgan fingerprint density at radius 2 is 1.54 bits per heavy atom. The van der Waals surface area contributed by atoms with E-state index in [-0.39, 0.29) is 5.82 Å². The van der Waals surface area contributed by atoms with Crippen LogP contribution in [0, 0.1) is 17.5 Å². The molecule has 4 aromatic rings. The average molecular weight is 478 g/mol. The molecule has 3 heterocycles. The molecular weight excluding hydrogens is 451 g/mol. The van der Waals surface area contributed by atoms with Crippen molar-refractivity contribution in [2.24, 2.45) is 0 Å². The quantitative estimate of drug-likeness (QED) is 0.386.